The van der Waals surface area contributed by atoms with Crippen LogP contribution in [-0.2, 0) is 11.2 Å². The van der Waals surface area contributed by atoms with Crippen LogP contribution >= 0.6 is 11.3 Å². The molecule has 76 valence electrons. The van der Waals surface area contributed by atoms with Gasteiger partial charge < -0.3 is 5.73 Å². The molecule has 2 nitrogen and oxygen atoms in total. The fraction of sp³-hybridized carbons (Fsp3) is 0.545. The highest BCUT2D eigenvalue weighted by Crippen LogP contribution is 2.26. The van der Waals surface area contributed by atoms with Gasteiger partial charge in [-0.2, -0.15) is 11.3 Å². The Morgan fingerprint density at radius 3 is 3.00 bits per heavy atom. The summed E-state index contributed by atoms with van der Waals surface area (Å²) in [6.07, 6.45) is 3.69. The fourth-order valence-electron chi connectivity index (χ4n) is 2.11. The minimum absolute atomic E-state index is 0.112. The Bertz CT molecular complexity index is 307. The molecule has 0 amide bonds. The highest BCUT2D eigenvalue weighted by atomic mass is 32.1. The molecule has 0 aliphatic heterocycles. The predicted molar refractivity (Wildman–Crippen MR) is 58.3 cm³/mol. The van der Waals surface area contributed by atoms with Crippen LogP contribution in [0.15, 0.2) is 16.8 Å². The average Bonchev–Trinajstić information content (AvgIpc) is 2.75. The molecule has 2 unspecified atom stereocenters. The molecule has 0 radical (unpaired) electrons. The molecule has 1 aromatic rings. The summed E-state index contributed by atoms with van der Waals surface area (Å²) in [7, 11) is 0. The standard InChI is InChI=1S/C11H15NOS/c12-10-3-1-2-9(10)11(13)6-8-4-5-14-7-8/h4-5,7,9-10H,1-3,6,12H2. The lowest BCUT2D eigenvalue weighted by Gasteiger charge is -2.12. The van der Waals surface area contributed by atoms with Crippen LogP contribution in [0.4, 0.5) is 0 Å². The van der Waals surface area contributed by atoms with Gasteiger partial charge in [0.15, 0.2) is 0 Å². The van der Waals surface area contributed by atoms with Crippen LogP contribution in [-0.4, -0.2) is 11.8 Å². The summed E-state index contributed by atoms with van der Waals surface area (Å²) >= 11 is 1.64. The molecule has 1 saturated carbocycles. The van der Waals surface area contributed by atoms with Crippen LogP contribution in [0.3, 0.4) is 0 Å². The predicted octanol–water partition coefficient (Wildman–Crippen LogP) is 1.99. The third-order valence-corrected chi connectivity index (χ3v) is 3.67. The molecule has 1 aliphatic rings. The van der Waals surface area contributed by atoms with Crippen molar-refractivity contribution in [2.45, 2.75) is 31.7 Å². The SMILES string of the molecule is NC1CCCC1C(=O)Cc1ccsc1. The number of carbonyl (C=O) groups is 1. The number of Topliss-reactive ketones (excluding diaryl/α,β-unsaturated/α-hetero) is 1. The van der Waals surface area contributed by atoms with E-state index in [1.165, 1.54) is 0 Å². The van der Waals surface area contributed by atoms with E-state index in [1.807, 2.05) is 16.8 Å². The molecule has 1 fully saturated rings. The Morgan fingerprint density at radius 2 is 2.43 bits per heavy atom. The highest BCUT2D eigenvalue weighted by molar-refractivity contribution is 7.07. The Morgan fingerprint density at radius 1 is 1.57 bits per heavy atom. The lowest BCUT2D eigenvalue weighted by molar-refractivity contribution is -0.122. The summed E-state index contributed by atoms with van der Waals surface area (Å²) in [5, 5.41) is 4.05. The molecule has 0 aromatic carbocycles. The second-order valence-corrected chi connectivity index (χ2v) is 4.76. The molecule has 0 spiro atoms. The Hall–Kier alpha value is -0.670. The molecular formula is C11H15NOS. The lowest BCUT2D eigenvalue weighted by Crippen LogP contribution is -2.31. The van der Waals surface area contributed by atoms with Gasteiger partial charge in [0.05, 0.1) is 0 Å². The number of rotatable bonds is 3. The van der Waals surface area contributed by atoms with E-state index < -0.39 is 0 Å². The van der Waals surface area contributed by atoms with Crippen LogP contribution in [0.5, 0.6) is 0 Å². The Labute approximate surface area is 88.1 Å². The van der Waals surface area contributed by atoms with E-state index in [2.05, 4.69) is 0 Å². The van der Waals surface area contributed by atoms with Crippen LogP contribution in [0.25, 0.3) is 0 Å². The topological polar surface area (TPSA) is 43.1 Å². The van der Waals surface area contributed by atoms with Gasteiger partial charge in [-0.25, -0.2) is 0 Å². The van der Waals surface area contributed by atoms with Crippen molar-refractivity contribution in [1.29, 1.82) is 0 Å². The van der Waals surface area contributed by atoms with Gasteiger partial charge in [-0.15, -0.1) is 0 Å². The van der Waals surface area contributed by atoms with Crippen LogP contribution in [0.1, 0.15) is 24.8 Å². The molecule has 1 aromatic heterocycles. The average molecular weight is 209 g/mol. The van der Waals surface area contributed by atoms with Crippen molar-refractivity contribution >= 4 is 17.1 Å². The van der Waals surface area contributed by atoms with Crippen LogP contribution < -0.4 is 5.73 Å². The summed E-state index contributed by atoms with van der Waals surface area (Å²) < 4.78 is 0. The first kappa shape index (κ1) is 9.87. The van der Waals surface area contributed by atoms with Crippen molar-refractivity contribution in [3.8, 4) is 0 Å². The first-order chi connectivity index (χ1) is 6.77. The van der Waals surface area contributed by atoms with Crippen molar-refractivity contribution < 1.29 is 4.79 Å². The zero-order valence-corrected chi connectivity index (χ0v) is 8.93. The van der Waals surface area contributed by atoms with E-state index in [4.69, 9.17) is 5.73 Å². The van der Waals surface area contributed by atoms with Gasteiger partial charge in [0, 0.05) is 18.4 Å². The number of carbonyl (C=O) groups excluding carboxylic acids is 1. The monoisotopic (exact) mass is 209 g/mol. The van der Waals surface area contributed by atoms with E-state index >= 15 is 0 Å². The van der Waals surface area contributed by atoms with E-state index in [0.29, 0.717) is 12.2 Å². The maximum absolute atomic E-state index is 11.8. The lowest BCUT2D eigenvalue weighted by atomic mass is 9.95. The molecule has 2 rings (SSSR count). The summed E-state index contributed by atoms with van der Waals surface area (Å²) in [6.45, 7) is 0. The fourth-order valence-corrected chi connectivity index (χ4v) is 2.78. The normalized spacial score (nSPS) is 26.6. The van der Waals surface area contributed by atoms with Crippen molar-refractivity contribution in [3.63, 3.8) is 0 Å². The van der Waals surface area contributed by atoms with Crippen LogP contribution in [0, 0.1) is 5.92 Å². The van der Waals surface area contributed by atoms with Crippen molar-refractivity contribution in [3.05, 3.63) is 22.4 Å². The summed E-state index contributed by atoms with van der Waals surface area (Å²) in [6, 6.07) is 2.13. The molecule has 1 aliphatic carbocycles. The number of ketones is 1. The minimum atomic E-state index is 0.112. The highest BCUT2D eigenvalue weighted by Gasteiger charge is 2.29. The van der Waals surface area contributed by atoms with Crippen molar-refractivity contribution in [1.82, 2.24) is 0 Å². The van der Waals surface area contributed by atoms with Crippen molar-refractivity contribution in [2.75, 3.05) is 0 Å². The van der Waals surface area contributed by atoms with Gasteiger partial charge in [0.1, 0.15) is 5.78 Å². The minimum Gasteiger partial charge on any atom is -0.327 e. The van der Waals surface area contributed by atoms with Crippen molar-refractivity contribution in [2.24, 2.45) is 11.7 Å². The van der Waals surface area contributed by atoms with E-state index in [-0.39, 0.29) is 12.0 Å². The number of nitrogens with two attached hydrogens (primary N) is 1. The van der Waals surface area contributed by atoms with Gasteiger partial charge >= 0.3 is 0 Å². The second kappa shape index (κ2) is 4.24. The first-order valence-corrected chi connectivity index (χ1v) is 6.01. The largest absolute Gasteiger partial charge is 0.327 e. The maximum Gasteiger partial charge on any atom is 0.141 e. The van der Waals surface area contributed by atoms with Gasteiger partial charge in [0.2, 0.25) is 0 Å². The summed E-state index contributed by atoms with van der Waals surface area (Å²) in [5.74, 6) is 0.448. The van der Waals surface area contributed by atoms with E-state index in [9.17, 15) is 4.79 Å². The smallest absolute Gasteiger partial charge is 0.141 e. The zero-order chi connectivity index (χ0) is 9.97. The van der Waals surface area contributed by atoms with E-state index in [1.54, 1.807) is 11.3 Å². The van der Waals surface area contributed by atoms with Crippen LogP contribution in [0.2, 0.25) is 0 Å². The van der Waals surface area contributed by atoms with E-state index in [0.717, 1.165) is 24.8 Å². The van der Waals surface area contributed by atoms with Gasteiger partial charge in [-0.3, -0.25) is 4.79 Å². The number of thiophene rings is 1. The Kier molecular flexibility index (Phi) is 2.99. The summed E-state index contributed by atoms with van der Waals surface area (Å²) in [4.78, 5) is 11.8. The molecule has 2 atom stereocenters. The summed E-state index contributed by atoms with van der Waals surface area (Å²) in [5.41, 5.74) is 7.03. The molecule has 0 bridgehead atoms. The maximum atomic E-state index is 11.8. The molecule has 2 N–H and O–H groups in total. The third kappa shape index (κ3) is 2.04. The quantitative estimate of drug-likeness (QED) is 0.827. The second-order valence-electron chi connectivity index (χ2n) is 3.98. The molecule has 14 heavy (non-hydrogen) atoms. The van der Waals surface area contributed by atoms with Gasteiger partial charge in [-0.1, -0.05) is 6.42 Å². The number of hydrogen-bond acceptors (Lipinski definition) is 3. The molecular weight excluding hydrogens is 194 g/mol. The van der Waals surface area contributed by atoms with Gasteiger partial charge in [-0.05, 0) is 35.2 Å². The van der Waals surface area contributed by atoms with Gasteiger partial charge in [0.25, 0.3) is 0 Å². The molecule has 1 heterocycles. The number of hydrogen-bond donors (Lipinski definition) is 1. The first-order valence-electron chi connectivity index (χ1n) is 5.07. The molecule has 0 saturated heterocycles. The molecule has 3 heteroatoms. The Balaban J connectivity index is 1.95. The third-order valence-electron chi connectivity index (χ3n) is 2.94. The zero-order valence-electron chi connectivity index (χ0n) is 8.11.